The van der Waals surface area contributed by atoms with Crippen molar-refractivity contribution in [2.45, 2.75) is 52.4 Å². The SMILES string of the molecule is CCn1nc(COC(CC)(CC)CN)c2ccccc21. The molecule has 2 N–H and O–H groups in total. The molecule has 0 radical (unpaired) electrons. The summed E-state index contributed by atoms with van der Waals surface area (Å²) < 4.78 is 8.15. The molecule has 0 aliphatic rings. The van der Waals surface area contributed by atoms with Crippen LogP contribution < -0.4 is 5.73 Å². The Labute approximate surface area is 120 Å². The van der Waals surface area contributed by atoms with Crippen LogP contribution in [0.15, 0.2) is 24.3 Å². The monoisotopic (exact) mass is 275 g/mol. The third-order valence-corrected chi connectivity index (χ3v) is 4.21. The topological polar surface area (TPSA) is 53.1 Å². The molecule has 2 rings (SSSR count). The van der Waals surface area contributed by atoms with E-state index in [1.807, 2.05) is 16.8 Å². The highest BCUT2D eigenvalue weighted by Crippen LogP contribution is 2.24. The Morgan fingerprint density at radius 2 is 1.90 bits per heavy atom. The largest absolute Gasteiger partial charge is 0.367 e. The van der Waals surface area contributed by atoms with Crippen LogP contribution in [0.1, 0.15) is 39.3 Å². The Morgan fingerprint density at radius 3 is 2.50 bits per heavy atom. The van der Waals surface area contributed by atoms with Gasteiger partial charge in [-0.3, -0.25) is 4.68 Å². The Morgan fingerprint density at radius 1 is 1.20 bits per heavy atom. The van der Waals surface area contributed by atoms with Crippen LogP contribution in [0.2, 0.25) is 0 Å². The van der Waals surface area contributed by atoms with Crippen molar-refractivity contribution in [1.82, 2.24) is 9.78 Å². The van der Waals surface area contributed by atoms with E-state index in [0.29, 0.717) is 13.2 Å². The summed E-state index contributed by atoms with van der Waals surface area (Å²) in [4.78, 5) is 0. The minimum Gasteiger partial charge on any atom is -0.367 e. The van der Waals surface area contributed by atoms with Gasteiger partial charge in [0.2, 0.25) is 0 Å². The van der Waals surface area contributed by atoms with Crippen molar-refractivity contribution >= 4 is 10.9 Å². The zero-order valence-electron chi connectivity index (χ0n) is 12.7. The smallest absolute Gasteiger partial charge is 0.0960 e. The molecule has 20 heavy (non-hydrogen) atoms. The molecule has 1 aromatic carbocycles. The molecule has 110 valence electrons. The standard InChI is InChI=1S/C16H25N3O/c1-4-16(5-2,12-17)20-11-14-13-9-7-8-10-15(13)19(6-3)18-14/h7-10H,4-6,11-12,17H2,1-3H3. The van der Waals surface area contributed by atoms with E-state index in [4.69, 9.17) is 10.5 Å². The summed E-state index contributed by atoms with van der Waals surface area (Å²) in [7, 11) is 0. The Balaban J connectivity index is 2.26. The highest BCUT2D eigenvalue weighted by atomic mass is 16.5. The maximum absolute atomic E-state index is 6.13. The molecule has 0 unspecified atom stereocenters. The molecule has 0 bridgehead atoms. The van der Waals surface area contributed by atoms with Crippen molar-refractivity contribution in [3.8, 4) is 0 Å². The van der Waals surface area contributed by atoms with E-state index in [2.05, 4.69) is 38.0 Å². The van der Waals surface area contributed by atoms with E-state index in [1.165, 1.54) is 10.9 Å². The van der Waals surface area contributed by atoms with Crippen molar-refractivity contribution < 1.29 is 4.74 Å². The van der Waals surface area contributed by atoms with E-state index < -0.39 is 0 Å². The van der Waals surface area contributed by atoms with Gasteiger partial charge in [0.05, 0.1) is 23.4 Å². The third kappa shape index (κ3) is 2.72. The molecule has 1 heterocycles. The summed E-state index contributed by atoms with van der Waals surface area (Å²) in [6.45, 7) is 8.29. The molecular weight excluding hydrogens is 250 g/mol. The molecule has 0 spiro atoms. The predicted molar refractivity (Wildman–Crippen MR) is 82.6 cm³/mol. The van der Waals surface area contributed by atoms with Crippen LogP contribution in [0.3, 0.4) is 0 Å². The quantitative estimate of drug-likeness (QED) is 0.844. The van der Waals surface area contributed by atoms with Gasteiger partial charge in [0.1, 0.15) is 0 Å². The van der Waals surface area contributed by atoms with Gasteiger partial charge in [-0.1, -0.05) is 32.0 Å². The Hall–Kier alpha value is -1.39. The van der Waals surface area contributed by atoms with E-state index in [0.717, 1.165) is 25.1 Å². The predicted octanol–water partition coefficient (Wildman–Crippen LogP) is 3.09. The van der Waals surface area contributed by atoms with Gasteiger partial charge in [0, 0.05) is 18.5 Å². The van der Waals surface area contributed by atoms with E-state index >= 15 is 0 Å². The first-order valence-electron chi connectivity index (χ1n) is 7.48. The number of ether oxygens (including phenoxy) is 1. The maximum atomic E-state index is 6.13. The van der Waals surface area contributed by atoms with Crippen molar-refractivity contribution in [3.63, 3.8) is 0 Å². The highest BCUT2D eigenvalue weighted by Gasteiger charge is 2.25. The van der Waals surface area contributed by atoms with Crippen LogP contribution in [0.4, 0.5) is 0 Å². The van der Waals surface area contributed by atoms with Crippen molar-refractivity contribution in [2.75, 3.05) is 6.54 Å². The number of rotatable bonds is 7. The average molecular weight is 275 g/mol. The average Bonchev–Trinajstić information content (AvgIpc) is 2.88. The molecule has 0 saturated heterocycles. The number of fused-ring (bicyclic) bond motifs is 1. The second-order valence-corrected chi connectivity index (χ2v) is 5.16. The summed E-state index contributed by atoms with van der Waals surface area (Å²) in [6.07, 6.45) is 1.85. The van der Waals surface area contributed by atoms with E-state index in [-0.39, 0.29) is 5.60 Å². The molecule has 0 fully saturated rings. The van der Waals surface area contributed by atoms with Gasteiger partial charge in [0.25, 0.3) is 0 Å². The number of para-hydroxylation sites is 1. The van der Waals surface area contributed by atoms with Gasteiger partial charge < -0.3 is 10.5 Å². The second-order valence-electron chi connectivity index (χ2n) is 5.16. The lowest BCUT2D eigenvalue weighted by Gasteiger charge is -2.30. The minimum absolute atomic E-state index is 0.225. The number of hydrogen-bond donors (Lipinski definition) is 1. The molecule has 0 aliphatic carbocycles. The number of hydrogen-bond acceptors (Lipinski definition) is 3. The number of aromatic nitrogens is 2. The molecule has 4 heteroatoms. The molecule has 4 nitrogen and oxygen atoms in total. The van der Waals surface area contributed by atoms with Crippen LogP contribution in [0.25, 0.3) is 10.9 Å². The third-order valence-electron chi connectivity index (χ3n) is 4.21. The number of nitrogens with two attached hydrogens (primary N) is 1. The first-order chi connectivity index (χ1) is 9.69. The summed E-state index contributed by atoms with van der Waals surface area (Å²) in [5, 5.41) is 5.84. The maximum Gasteiger partial charge on any atom is 0.0960 e. The first-order valence-corrected chi connectivity index (χ1v) is 7.48. The molecular formula is C16H25N3O. The summed E-state index contributed by atoms with van der Waals surface area (Å²) >= 11 is 0. The van der Waals surface area contributed by atoms with E-state index in [9.17, 15) is 0 Å². The molecule has 0 saturated carbocycles. The lowest BCUT2D eigenvalue weighted by atomic mass is 9.97. The fraction of sp³-hybridized carbons (Fsp3) is 0.562. The number of benzene rings is 1. The normalized spacial score (nSPS) is 12.2. The zero-order valence-corrected chi connectivity index (χ0v) is 12.7. The van der Waals surface area contributed by atoms with Crippen molar-refractivity contribution in [3.05, 3.63) is 30.0 Å². The van der Waals surface area contributed by atoms with Crippen LogP contribution in [-0.4, -0.2) is 21.9 Å². The van der Waals surface area contributed by atoms with Crippen molar-refractivity contribution in [2.24, 2.45) is 5.73 Å². The number of aryl methyl sites for hydroxylation is 1. The lowest BCUT2D eigenvalue weighted by molar-refractivity contribution is -0.0563. The van der Waals surface area contributed by atoms with Crippen LogP contribution in [-0.2, 0) is 17.9 Å². The van der Waals surface area contributed by atoms with Crippen LogP contribution >= 0.6 is 0 Å². The highest BCUT2D eigenvalue weighted by molar-refractivity contribution is 5.81. The van der Waals surface area contributed by atoms with Crippen molar-refractivity contribution in [1.29, 1.82) is 0 Å². The van der Waals surface area contributed by atoms with Gasteiger partial charge in [-0.15, -0.1) is 0 Å². The molecule has 2 aromatic rings. The van der Waals surface area contributed by atoms with Crippen LogP contribution in [0.5, 0.6) is 0 Å². The summed E-state index contributed by atoms with van der Waals surface area (Å²) in [6, 6.07) is 8.30. The van der Waals surface area contributed by atoms with Gasteiger partial charge in [0.15, 0.2) is 0 Å². The van der Waals surface area contributed by atoms with Gasteiger partial charge in [-0.25, -0.2) is 0 Å². The van der Waals surface area contributed by atoms with E-state index in [1.54, 1.807) is 0 Å². The van der Waals surface area contributed by atoms with Gasteiger partial charge in [-0.2, -0.15) is 5.10 Å². The second kappa shape index (κ2) is 6.37. The molecule has 0 amide bonds. The Bertz CT molecular complexity index is 550. The van der Waals surface area contributed by atoms with Gasteiger partial charge >= 0.3 is 0 Å². The first kappa shape index (κ1) is 15.0. The fourth-order valence-corrected chi connectivity index (χ4v) is 2.57. The Kier molecular flexibility index (Phi) is 4.78. The number of nitrogens with zero attached hydrogens (tertiary/aromatic N) is 2. The summed E-state index contributed by atoms with van der Waals surface area (Å²) in [5.74, 6) is 0. The summed E-state index contributed by atoms with van der Waals surface area (Å²) in [5.41, 5.74) is 7.83. The van der Waals surface area contributed by atoms with Gasteiger partial charge in [-0.05, 0) is 25.8 Å². The fourth-order valence-electron chi connectivity index (χ4n) is 2.57. The molecule has 1 aromatic heterocycles. The zero-order chi connectivity index (χ0) is 14.6. The van der Waals surface area contributed by atoms with Crippen LogP contribution in [0, 0.1) is 0 Å². The minimum atomic E-state index is -0.225. The lowest BCUT2D eigenvalue weighted by Crippen LogP contribution is -2.39. The molecule has 0 aliphatic heterocycles. The molecule has 0 atom stereocenters.